The maximum Gasteiger partial charge on any atom is 0.321 e. The van der Waals surface area contributed by atoms with Crippen LogP contribution in [0.1, 0.15) is 30.3 Å². The number of rotatable bonds is 3. The lowest BCUT2D eigenvalue weighted by Gasteiger charge is -2.35. The molecule has 1 saturated heterocycles. The van der Waals surface area contributed by atoms with Gasteiger partial charge in [0.2, 0.25) is 0 Å². The topological polar surface area (TPSA) is 117 Å². The van der Waals surface area contributed by atoms with Crippen LogP contribution < -0.4 is 0 Å². The van der Waals surface area contributed by atoms with Crippen LogP contribution in [0.2, 0.25) is 0 Å². The van der Waals surface area contributed by atoms with Crippen molar-refractivity contribution in [1.29, 1.82) is 0 Å². The van der Waals surface area contributed by atoms with Crippen molar-refractivity contribution in [3.05, 3.63) is 27.9 Å². The highest BCUT2D eigenvalue weighted by Crippen LogP contribution is 2.31. The van der Waals surface area contributed by atoms with Crippen molar-refractivity contribution in [2.75, 3.05) is 13.1 Å². The highest BCUT2D eigenvalue weighted by Gasteiger charge is 2.38. The van der Waals surface area contributed by atoms with Gasteiger partial charge in [0.05, 0.1) is 5.41 Å². The van der Waals surface area contributed by atoms with Crippen LogP contribution in [0.25, 0.3) is 0 Å². The van der Waals surface area contributed by atoms with Gasteiger partial charge in [-0.2, -0.15) is 0 Å². The van der Waals surface area contributed by atoms with Crippen LogP contribution in [0.15, 0.2) is 12.1 Å². The SMILES string of the molecule is CC1(C(=O)O)CCN(C(=O)c2ccc([N+](=O)[O-])[nH]2)CC1. The number of carboxylic acid groups (broad SMARTS) is 1. The zero-order valence-electron chi connectivity index (χ0n) is 11.0. The van der Waals surface area contributed by atoms with Gasteiger partial charge in [-0.05, 0) is 30.8 Å². The van der Waals surface area contributed by atoms with Crippen LogP contribution in [0.5, 0.6) is 0 Å². The number of aliphatic carboxylic acids is 1. The third kappa shape index (κ3) is 2.49. The lowest BCUT2D eigenvalue weighted by Crippen LogP contribution is -2.45. The Balaban J connectivity index is 2.04. The average molecular weight is 281 g/mol. The molecule has 0 aliphatic carbocycles. The summed E-state index contributed by atoms with van der Waals surface area (Å²) in [5.41, 5.74) is -0.658. The molecule has 0 saturated carbocycles. The first kappa shape index (κ1) is 14.0. The van der Waals surface area contributed by atoms with Gasteiger partial charge in [-0.1, -0.05) is 0 Å². The van der Waals surface area contributed by atoms with Crippen molar-refractivity contribution in [3.63, 3.8) is 0 Å². The van der Waals surface area contributed by atoms with Gasteiger partial charge in [-0.3, -0.25) is 9.59 Å². The van der Waals surface area contributed by atoms with E-state index in [0.717, 1.165) is 0 Å². The minimum atomic E-state index is -0.861. The maximum absolute atomic E-state index is 12.1. The Labute approximate surface area is 114 Å². The summed E-state index contributed by atoms with van der Waals surface area (Å²) in [5, 5.41) is 19.7. The first-order chi connectivity index (χ1) is 9.33. The first-order valence-corrected chi connectivity index (χ1v) is 6.19. The fourth-order valence-corrected chi connectivity index (χ4v) is 2.20. The second kappa shape index (κ2) is 4.95. The lowest BCUT2D eigenvalue weighted by atomic mass is 9.80. The van der Waals surface area contributed by atoms with Crippen LogP contribution in [-0.4, -0.2) is 44.9 Å². The van der Waals surface area contributed by atoms with Crippen LogP contribution in [0.3, 0.4) is 0 Å². The molecule has 0 atom stereocenters. The number of piperidine rings is 1. The fourth-order valence-electron chi connectivity index (χ4n) is 2.20. The van der Waals surface area contributed by atoms with Gasteiger partial charge in [0.15, 0.2) is 5.69 Å². The Kier molecular flexibility index (Phi) is 3.47. The van der Waals surface area contributed by atoms with E-state index in [0.29, 0.717) is 25.9 Å². The summed E-state index contributed by atoms with van der Waals surface area (Å²) in [5.74, 6) is -1.44. The Morgan fingerprint density at radius 3 is 2.45 bits per heavy atom. The molecule has 1 aliphatic heterocycles. The molecule has 1 amide bonds. The van der Waals surface area contributed by atoms with Crippen LogP contribution in [0, 0.1) is 15.5 Å². The quantitative estimate of drug-likeness (QED) is 0.638. The van der Waals surface area contributed by atoms with E-state index in [1.807, 2.05) is 0 Å². The predicted molar refractivity (Wildman–Crippen MR) is 68.3 cm³/mol. The Morgan fingerprint density at radius 1 is 1.40 bits per heavy atom. The van der Waals surface area contributed by atoms with Gasteiger partial charge in [-0.15, -0.1) is 0 Å². The van der Waals surface area contributed by atoms with Crippen LogP contribution in [-0.2, 0) is 4.79 Å². The van der Waals surface area contributed by atoms with E-state index in [1.165, 1.54) is 17.0 Å². The molecule has 2 rings (SSSR count). The lowest BCUT2D eigenvalue weighted by molar-refractivity contribution is -0.389. The molecule has 1 fully saturated rings. The number of hydrogen-bond acceptors (Lipinski definition) is 4. The second-order valence-corrected chi connectivity index (χ2v) is 5.17. The van der Waals surface area contributed by atoms with Crippen molar-refractivity contribution >= 4 is 17.7 Å². The highest BCUT2D eigenvalue weighted by molar-refractivity contribution is 5.93. The minimum Gasteiger partial charge on any atom is -0.481 e. The molecule has 2 N–H and O–H groups in total. The number of carbonyl (C=O) groups excluding carboxylic acids is 1. The van der Waals surface area contributed by atoms with Gasteiger partial charge in [0, 0.05) is 19.2 Å². The van der Waals surface area contributed by atoms with Crippen molar-refractivity contribution in [3.8, 4) is 0 Å². The number of amides is 1. The number of nitro groups is 1. The molecule has 2 heterocycles. The highest BCUT2D eigenvalue weighted by atomic mass is 16.6. The van der Waals surface area contributed by atoms with Gasteiger partial charge in [-0.25, -0.2) is 4.98 Å². The van der Waals surface area contributed by atoms with E-state index >= 15 is 0 Å². The van der Waals surface area contributed by atoms with Crippen molar-refractivity contribution < 1.29 is 19.6 Å². The smallest absolute Gasteiger partial charge is 0.321 e. The summed E-state index contributed by atoms with van der Waals surface area (Å²) < 4.78 is 0. The molecule has 108 valence electrons. The standard InChI is InChI=1S/C12H15N3O5/c1-12(11(17)18)4-6-14(7-5-12)10(16)8-2-3-9(13-8)15(19)20/h2-3,13H,4-7H2,1H3,(H,17,18). The molecule has 1 aromatic rings. The number of aromatic amines is 1. The molecular weight excluding hydrogens is 266 g/mol. The monoisotopic (exact) mass is 281 g/mol. The van der Waals surface area contributed by atoms with E-state index in [9.17, 15) is 19.7 Å². The van der Waals surface area contributed by atoms with E-state index < -0.39 is 16.3 Å². The Hall–Kier alpha value is -2.38. The van der Waals surface area contributed by atoms with Crippen molar-refractivity contribution in [1.82, 2.24) is 9.88 Å². The molecule has 0 aromatic carbocycles. The molecule has 20 heavy (non-hydrogen) atoms. The first-order valence-electron chi connectivity index (χ1n) is 6.19. The Morgan fingerprint density at radius 2 is 2.00 bits per heavy atom. The number of hydrogen-bond donors (Lipinski definition) is 2. The number of aromatic nitrogens is 1. The van der Waals surface area contributed by atoms with E-state index in [1.54, 1.807) is 6.92 Å². The van der Waals surface area contributed by atoms with Gasteiger partial charge in [0.1, 0.15) is 0 Å². The zero-order valence-corrected chi connectivity index (χ0v) is 11.0. The summed E-state index contributed by atoms with van der Waals surface area (Å²) in [6.45, 7) is 2.32. The molecular formula is C12H15N3O5. The van der Waals surface area contributed by atoms with Gasteiger partial charge >= 0.3 is 11.8 Å². The molecule has 8 heteroatoms. The number of H-pyrrole nitrogens is 1. The molecule has 0 unspecified atom stereocenters. The van der Waals surface area contributed by atoms with E-state index in [2.05, 4.69) is 4.98 Å². The normalized spacial score (nSPS) is 17.8. The number of nitrogens with one attached hydrogen (secondary N) is 1. The predicted octanol–water partition coefficient (Wildman–Crippen LogP) is 1.25. The largest absolute Gasteiger partial charge is 0.481 e. The number of carbonyl (C=O) groups is 2. The number of likely N-dealkylation sites (tertiary alicyclic amines) is 1. The van der Waals surface area contributed by atoms with Crippen molar-refractivity contribution in [2.24, 2.45) is 5.41 Å². The molecule has 0 spiro atoms. The van der Waals surface area contributed by atoms with Gasteiger partial charge < -0.3 is 20.1 Å². The fraction of sp³-hybridized carbons (Fsp3) is 0.500. The Bertz CT molecular complexity index is 557. The molecule has 0 bridgehead atoms. The van der Waals surface area contributed by atoms with Gasteiger partial charge in [0.25, 0.3) is 5.91 Å². The second-order valence-electron chi connectivity index (χ2n) is 5.17. The summed E-state index contributed by atoms with van der Waals surface area (Å²) in [4.78, 5) is 37.2. The third-order valence-electron chi connectivity index (χ3n) is 3.77. The third-order valence-corrected chi connectivity index (χ3v) is 3.77. The molecule has 8 nitrogen and oxygen atoms in total. The summed E-state index contributed by atoms with van der Waals surface area (Å²) in [6, 6.07) is 2.60. The molecule has 1 aliphatic rings. The summed E-state index contributed by atoms with van der Waals surface area (Å²) in [7, 11) is 0. The maximum atomic E-state index is 12.1. The van der Waals surface area contributed by atoms with E-state index in [4.69, 9.17) is 5.11 Å². The minimum absolute atomic E-state index is 0.149. The zero-order chi connectivity index (χ0) is 14.9. The van der Waals surface area contributed by atoms with Crippen molar-refractivity contribution in [2.45, 2.75) is 19.8 Å². The summed E-state index contributed by atoms with van der Waals surface area (Å²) in [6.07, 6.45) is 0.744. The summed E-state index contributed by atoms with van der Waals surface area (Å²) >= 11 is 0. The molecule has 1 aromatic heterocycles. The number of nitrogens with zero attached hydrogens (tertiary/aromatic N) is 2. The number of carboxylic acids is 1. The van der Waals surface area contributed by atoms with Crippen LogP contribution in [0.4, 0.5) is 5.82 Å². The average Bonchev–Trinajstić information content (AvgIpc) is 2.88. The van der Waals surface area contributed by atoms with Crippen LogP contribution >= 0.6 is 0 Å². The molecule has 0 radical (unpaired) electrons. The van der Waals surface area contributed by atoms with E-state index in [-0.39, 0.29) is 17.4 Å².